The maximum atomic E-state index is 12.9. The van der Waals surface area contributed by atoms with Crippen LogP contribution < -0.4 is 5.32 Å². The minimum absolute atomic E-state index is 0.0238. The molecule has 0 unspecified atom stereocenters. The number of hydrogen-bond acceptors (Lipinski definition) is 1. The molecule has 1 aromatic rings. The van der Waals surface area contributed by atoms with Crippen molar-refractivity contribution in [2.45, 2.75) is 53.1 Å². The predicted molar refractivity (Wildman–Crippen MR) is 76.4 cm³/mol. The van der Waals surface area contributed by atoms with Gasteiger partial charge in [-0.25, -0.2) is 4.39 Å². The highest BCUT2D eigenvalue weighted by Gasteiger charge is 2.24. The standard InChI is InChI=1S/C15H23ClFN/c1-14(2,3)10-15(4,5)18-9-11-6-7-12(17)8-13(11)16/h6-8,18H,9-10H2,1-5H3. The van der Waals surface area contributed by atoms with Crippen molar-refractivity contribution in [1.82, 2.24) is 5.32 Å². The number of halogens is 2. The number of nitrogens with one attached hydrogen (secondary N) is 1. The van der Waals surface area contributed by atoms with Crippen LogP contribution in [-0.2, 0) is 6.54 Å². The van der Waals surface area contributed by atoms with Crippen molar-refractivity contribution in [3.8, 4) is 0 Å². The van der Waals surface area contributed by atoms with Crippen molar-refractivity contribution < 1.29 is 4.39 Å². The number of benzene rings is 1. The molecule has 1 aromatic carbocycles. The van der Waals surface area contributed by atoms with E-state index in [4.69, 9.17) is 11.6 Å². The summed E-state index contributed by atoms with van der Waals surface area (Å²) in [5.74, 6) is -0.294. The molecule has 0 aliphatic rings. The van der Waals surface area contributed by atoms with Crippen molar-refractivity contribution >= 4 is 11.6 Å². The molecule has 0 atom stereocenters. The van der Waals surface area contributed by atoms with Gasteiger partial charge in [-0.1, -0.05) is 38.4 Å². The van der Waals surface area contributed by atoms with Gasteiger partial charge in [-0.05, 0) is 43.4 Å². The van der Waals surface area contributed by atoms with Crippen LogP contribution in [0.3, 0.4) is 0 Å². The molecule has 1 rings (SSSR count). The molecule has 0 fully saturated rings. The van der Waals surface area contributed by atoms with Gasteiger partial charge in [0.05, 0.1) is 0 Å². The third-order valence-corrected chi connectivity index (χ3v) is 3.10. The Morgan fingerprint density at radius 3 is 2.28 bits per heavy atom. The summed E-state index contributed by atoms with van der Waals surface area (Å²) in [6, 6.07) is 4.53. The minimum atomic E-state index is -0.294. The van der Waals surface area contributed by atoms with Crippen LogP contribution in [0.1, 0.15) is 46.6 Å². The Hall–Kier alpha value is -0.600. The average Bonchev–Trinajstić information content (AvgIpc) is 2.12. The molecular weight excluding hydrogens is 249 g/mol. The quantitative estimate of drug-likeness (QED) is 0.831. The lowest BCUT2D eigenvalue weighted by Crippen LogP contribution is -2.41. The van der Waals surface area contributed by atoms with Crippen molar-refractivity contribution in [3.63, 3.8) is 0 Å². The summed E-state index contributed by atoms with van der Waals surface area (Å²) in [5, 5.41) is 3.97. The molecule has 18 heavy (non-hydrogen) atoms. The molecular formula is C15H23ClFN. The van der Waals surface area contributed by atoms with Crippen LogP contribution in [-0.4, -0.2) is 5.54 Å². The first-order chi connectivity index (χ1) is 8.09. The van der Waals surface area contributed by atoms with Gasteiger partial charge in [-0.2, -0.15) is 0 Å². The molecule has 0 aromatic heterocycles. The fourth-order valence-corrected chi connectivity index (χ4v) is 2.62. The Morgan fingerprint density at radius 2 is 1.78 bits per heavy atom. The Morgan fingerprint density at radius 1 is 1.17 bits per heavy atom. The summed E-state index contributed by atoms with van der Waals surface area (Å²) in [5.41, 5.74) is 1.22. The Bertz CT molecular complexity index is 407. The first kappa shape index (κ1) is 15.5. The molecule has 102 valence electrons. The van der Waals surface area contributed by atoms with E-state index in [-0.39, 0.29) is 16.8 Å². The first-order valence-electron chi connectivity index (χ1n) is 6.28. The van der Waals surface area contributed by atoms with Crippen LogP contribution >= 0.6 is 11.6 Å². The normalized spacial score (nSPS) is 12.8. The van der Waals surface area contributed by atoms with Gasteiger partial charge in [0.2, 0.25) is 0 Å². The van der Waals surface area contributed by atoms with Crippen LogP contribution in [0.4, 0.5) is 4.39 Å². The van der Waals surface area contributed by atoms with E-state index >= 15 is 0 Å². The fraction of sp³-hybridized carbons (Fsp3) is 0.600. The SMILES string of the molecule is CC(C)(C)CC(C)(C)NCc1ccc(F)cc1Cl. The van der Waals surface area contributed by atoms with Crippen molar-refractivity contribution in [3.05, 3.63) is 34.6 Å². The summed E-state index contributed by atoms with van der Waals surface area (Å²) >= 11 is 6.01. The van der Waals surface area contributed by atoms with E-state index in [1.807, 2.05) is 0 Å². The van der Waals surface area contributed by atoms with E-state index in [0.29, 0.717) is 11.6 Å². The molecule has 0 heterocycles. The molecule has 1 nitrogen and oxygen atoms in total. The predicted octanol–water partition coefficient (Wildman–Crippen LogP) is 4.78. The Labute approximate surface area is 115 Å². The van der Waals surface area contributed by atoms with E-state index in [9.17, 15) is 4.39 Å². The Balaban J connectivity index is 2.64. The molecule has 3 heteroatoms. The van der Waals surface area contributed by atoms with Gasteiger partial charge in [0, 0.05) is 17.1 Å². The first-order valence-corrected chi connectivity index (χ1v) is 6.66. The van der Waals surface area contributed by atoms with Gasteiger partial charge in [-0.15, -0.1) is 0 Å². The van der Waals surface area contributed by atoms with Crippen LogP contribution in [0, 0.1) is 11.2 Å². The zero-order valence-corrected chi connectivity index (χ0v) is 12.7. The average molecular weight is 272 g/mol. The second-order valence-electron chi connectivity index (χ2n) is 6.71. The van der Waals surface area contributed by atoms with E-state index in [2.05, 4.69) is 39.9 Å². The highest BCUT2D eigenvalue weighted by atomic mass is 35.5. The third kappa shape index (κ3) is 5.36. The molecule has 0 aliphatic heterocycles. The summed E-state index contributed by atoms with van der Waals surface area (Å²) in [4.78, 5) is 0. The van der Waals surface area contributed by atoms with Gasteiger partial charge < -0.3 is 5.32 Å². The molecule has 0 spiro atoms. The summed E-state index contributed by atoms with van der Waals surface area (Å²) in [6.45, 7) is 11.7. The summed E-state index contributed by atoms with van der Waals surface area (Å²) < 4.78 is 12.9. The zero-order chi connectivity index (χ0) is 14.0. The zero-order valence-electron chi connectivity index (χ0n) is 11.9. The van der Waals surface area contributed by atoms with Crippen LogP contribution in [0.5, 0.6) is 0 Å². The monoisotopic (exact) mass is 271 g/mol. The largest absolute Gasteiger partial charge is 0.308 e. The van der Waals surface area contributed by atoms with Crippen molar-refractivity contribution in [2.75, 3.05) is 0 Å². The highest BCUT2D eigenvalue weighted by Crippen LogP contribution is 2.27. The van der Waals surface area contributed by atoms with Crippen LogP contribution in [0.15, 0.2) is 18.2 Å². The topological polar surface area (TPSA) is 12.0 Å². The van der Waals surface area contributed by atoms with Crippen LogP contribution in [0.2, 0.25) is 5.02 Å². The van der Waals surface area contributed by atoms with E-state index in [0.717, 1.165) is 12.0 Å². The molecule has 0 amide bonds. The summed E-state index contributed by atoms with van der Waals surface area (Å²) in [7, 11) is 0. The fourth-order valence-electron chi connectivity index (χ4n) is 2.39. The van der Waals surface area contributed by atoms with Gasteiger partial charge in [0.25, 0.3) is 0 Å². The molecule has 0 saturated heterocycles. The summed E-state index contributed by atoms with van der Waals surface area (Å²) in [6.07, 6.45) is 1.05. The van der Waals surface area contributed by atoms with Crippen molar-refractivity contribution in [2.24, 2.45) is 5.41 Å². The third-order valence-electron chi connectivity index (χ3n) is 2.74. The molecule has 0 saturated carbocycles. The lowest BCUT2D eigenvalue weighted by atomic mass is 9.82. The second-order valence-corrected chi connectivity index (χ2v) is 7.12. The molecule has 0 aliphatic carbocycles. The van der Waals surface area contributed by atoms with Gasteiger partial charge in [-0.3, -0.25) is 0 Å². The van der Waals surface area contributed by atoms with E-state index < -0.39 is 0 Å². The lowest BCUT2D eigenvalue weighted by molar-refractivity contribution is 0.241. The highest BCUT2D eigenvalue weighted by molar-refractivity contribution is 6.31. The van der Waals surface area contributed by atoms with Crippen molar-refractivity contribution in [1.29, 1.82) is 0 Å². The van der Waals surface area contributed by atoms with Gasteiger partial charge in [0.1, 0.15) is 5.82 Å². The second kappa shape index (κ2) is 5.58. The van der Waals surface area contributed by atoms with Gasteiger partial charge >= 0.3 is 0 Å². The molecule has 1 N–H and O–H groups in total. The smallest absolute Gasteiger partial charge is 0.124 e. The number of rotatable bonds is 4. The Kier molecular flexibility index (Phi) is 4.79. The number of hydrogen-bond donors (Lipinski definition) is 1. The minimum Gasteiger partial charge on any atom is -0.308 e. The van der Waals surface area contributed by atoms with Gasteiger partial charge in [0.15, 0.2) is 0 Å². The molecule has 0 radical (unpaired) electrons. The van der Waals surface area contributed by atoms with E-state index in [1.54, 1.807) is 6.07 Å². The molecule has 0 bridgehead atoms. The lowest BCUT2D eigenvalue weighted by Gasteiger charge is -2.33. The maximum Gasteiger partial charge on any atom is 0.124 e. The van der Waals surface area contributed by atoms with Crippen LogP contribution in [0.25, 0.3) is 0 Å². The van der Waals surface area contributed by atoms with E-state index in [1.165, 1.54) is 12.1 Å². The maximum absolute atomic E-state index is 12.9.